The molecule has 2 aliphatic heterocycles. The van der Waals surface area contributed by atoms with Crippen LogP contribution in [0.3, 0.4) is 0 Å². The van der Waals surface area contributed by atoms with Crippen molar-refractivity contribution in [2.75, 3.05) is 18.4 Å². The van der Waals surface area contributed by atoms with Crippen LogP contribution in [0.15, 0.2) is 24.3 Å². The van der Waals surface area contributed by atoms with E-state index in [-0.39, 0.29) is 11.7 Å². The molecule has 3 nitrogen and oxygen atoms in total. The summed E-state index contributed by atoms with van der Waals surface area (Å²) in [7, 11) is 0. The average Bonchev–Trinajstić information content (AvgIpc) is 2.56. The van der Waals surface area contributed by atoms with Crippen LogP contribution in [0, 0.1) is 12.7 Å². The number of benzene rings is 1. The summed E-state index contributed by atoms with van der Waals surface area (Å²) < 4.78 is 13.8. The molecule has 0 aromatic heterocycles. The Morgan fingerprint density at radius 1 is 1.41 bits per heavy atom. The number of anilines is 1. The van der Waals surface area contributed by atoms with Crippen LogP contribution >= 0.6 is 0 Å². The Labute approximate surface area is 98.7 Å². The minimum absolute atomic E-state index is 0.152. The molecule has 1 aromatic carbocycles. The van der Waals surface area contributed by atoms with Gasteiger partial charge in [0.15, 0.2) is 0 Å². The van der Waals surface area contributed by atoms with Crippen molar-refractivity contribution in [3.05, 3.63) is 41.2 Å². The minimum atomic E-state index is -0.736. The molecule has 0 bridgehead atoms. The largest absolute Gasteiger partial charge is 0.322 e. The third-order valence-electron chi connectivity index (χ3n) is 3.43. The van der Waals surface area contributed by atoms with E-state index in [2.05, 4.69) is 10.6 Å². The smallest absolute Gasteiger partial charge is 0.240 e. The van der Waals surface area contributed by atoms with Crippen LogP contribution in [0.1, 0.15) is 11.1 Å². The maximum absolute atomic E-state index is 13.8. The standard InChI is InChI=1S/C13H13FN2O/c1-8-5-9-11(10(14)6-8)16-12(17)13(9)3-2-4-15-7-13/h2-3,5-6,15H,4,7H2,1H3,(H,16,17). The number of fused-ring (bicyclic) bond motifs is 2. The zero-order chi connectivity index (χ0) is 12.0. The molecule has 1 unspecified atom stereocenters. The van der Waals surface area contributed by atoms with Crippen molar-refractivity contribution in [2.24, 2.45) is 0 Å². The summed E-state index contributed by atoms with van der Waals surface area (Å²) in [5.74, 6) is -0.510. The summed E-state index contributed by atoms with van der Waals surface area (Å²) in [5, 5.41) is 5.81. The third-order valence-corrected chi connectivity index (χ3v) is 3.43. The number of amides is 1. The van der Waals surface area contributed by atoms with Crippen LogP contribution < -0.4 is 10.6 Å². The molecule has 1 atom stereocenters. The first kappa shape index (κ1) is 10.5. The van der Waals surface area contributed by atoms with Crippen LogP contribution in [0.2, 0.25) is 0 Å². The van der Waals surface area contributed by atoms with E-state index in [1.807, 2.05) is 25.1 Å². The van der Waals surface area contributed by atoms with Gasteiger partial charge < -0.3 is 10.6 Å². The zero-order valence-electron chi connectivity index (χ0n) is 9.51. The molecule has 0 fully saturated rings. The number of aryl methyl sites for hydroxylation is 1. The normalized spacial score (nSPS) is 26.1. The van der Waals surface area contributed by atoms with Crippen molar-refractivity contribution in [3.63, 3.8) is 0 Å². The molecule has 0 saturated heterocycles. The lowest BCUT2D eigenvalue weighted by atomic mass is 9.79. The second kappa shape index (κ2) is 3.40. The number of nitrogens with one attached hydrogen (secondary N) is 2. The Bertz CT molecular complexity index is 538. The lowest BCUT2D eigenvalue weighted by Gasteiger charge is -2.27. The second-order valence-corrected chi connectivity index (χ2v) is 4.63. The first-order valence-corrected chi connectivity index (χ1v) is 5.64. The van der Waals surface area contributed by atoms with Crippen molar-refractivity contribution >= 4 is 11.6 Å². The summed E-state index contributed by atoms with van der Waals surface area (Å²) in [6.45, 7) is 3.10. The van der Waals surface area contributed by atoms with Gasteiger partial charge in [-0.25, -0.2) is 4.39 Å². The van der Waals surface area contributed by atoms with Gasteiger partial charge in [-0.3, -0.25) is 4.79 Å². The fourth-order valence-corrected chi connectivity index (χ4v) is 2.58. The number of carbonyl (C=O) groups is 1. The van der Waals surface area contributed by atoms with Gasteiger partial charge in [0, 0.05) is 13.1 Å². The van der Waals surface area contributed by atoms with Crippen molar-refractivity contribution in [2.45, 2.75) is 12.3 Å². The molecule has 17 heavy (non-hydrogen) atoms. The fourth-order valence-electron chi connectivity index (χ4n) is 2.58. The van der Waals surface area contributed by atoms with E-state index in [0.29, 0.717) is 12.2 Å². The van der Waals surface area contributed by atoms with Gasteiger partial charge in [-0.1, -0.05) is 18.2 Å². The highest BCUT2D eigenvalue weighted by Crippen LogP contribution is 2.41. The lowest BCUT2D eigenvalue weighted by Crippen LogP contribution is -2.45. The van der Waals surface area contributed by atoms with Gasteiger partial charge in [0.2, 0.25) is 5.91 Å². The van der Waals surface area contributed by atoms with Gasteiger partial charge in [-0.15, -0.1) is 0 Å². The van der Waals surface area contributed by atoms with E-state index in [9.17, 15) is 9.18 Å². The molecule has 0 aliphatic carbocycles. The average molecular weight is 232 g/mol. The molecule has 88 valence electrons. The molecule has 1 spiro atoms. The van der Waals surface area contributed by atoms with Crippen molar-refractivity contribution in [1.29, 1.82) is 0 Å². The maximum atomic E-state index is 13.8. The topological polar surface area (TPSA) is 41.1 Å². The summed E-state index contributed by atoms with van der Waals surface area (Å²) in [4.78, 5) is 12.1. The molecular formula is C13H13FN2O. The first-order valence-electron chi connectivity index (χ1n) is 5.64. The Morgan fingerprint density at radius 3 is 2.94 bits per heavy atom. The molecule has 0 saturated carbocycles. The summed E-state index contributed by atoms with van der Waals surface area (Å²) in [6, 6.07) is 3.33. The van der Waals surface area contributed by atoms with Gasteiger partial charge in [-0.2, -0.15) is 0 Å². The van der Waals surface area contributed by atoms with Crippen molar-refractivity contribution in [3.8, 4) is 0 Å². The predicted molar refractivity (Wildman–Crippen MR) is 63.5 cm³/mol. The summed E-state index contributed by atoms with van der Waals surface area (Å²) in [6.07, 6.45) is 3.79. The van der Waals surface area contributed by atoms with Gasteiger partial charge in [0.25, 0.3) is 0 Å². The van der Waals surface area contributed by atoms with Gasteiger partial charge in [0.1, 0.15) is 11.2 Å². The van der Waals surface area contributed by atoms with Crippen molar-refractivity contribution < 1.29 is 9.18 Å². The zero-order valence-corrected chi connectivity index (χ0v) is 9.51. The van der Waals surface area contributed by atoms with Crippen LogP contribution in [0.5, 0.6) is 0 Å². The quantitative estimate of drug-likeness (QED) is 0.665. The molecule has 1 amide bonds. The highest BCUT2D eigenvalue weighted by Gasteiger charge is 2.46. The molecule has 0 radical (unpaired) electrons. The fraction of sp³-hybridized carbons (Fsp3) is 0.308. The van der Waals surface area contributed by atoms with Crippen LogP contribution in [0.25, 0.3) is 0 Å². The highest BCUT2D eigenvalue weighted by molar-refractivity contribution is 6.08. The second-order valence-electron chi connectivity index (χ2n) is 4.63. The van der Waals surface area contributed by atoms with Crippen LogP contribution in [-0.2, 0) is 10.2 Å². The van der Waals surface area contributed by atoms with Crippen LogP contribution in [0.4, 0.5) is 10.1 Å². The minimum Gasteiger partial charge on any atom is -0.322 e. The Kier molecular flexibility index (Phi) is 2.10. The molecular weight excluding hydrogens is 219 g/mol. The molecule has 1 aromatic rings. The number of carbonyl (C=O) groups excluding carboxylic acids is 1. The monoisotopic (exact) mass is 232 g/mol. The van der Waals surface area contributed by atoms with Gasteiger partial charge in [0.05, 0.1) is 5.69 Å². The summed E-state index contributed by atoms with van der Waals surface area (Å²) >= 11 is 0. The van der Waals surface area contributed by atoms with Gasteiger partial charge >= 0.3 is 0 Å². The first-order chi connectivity index (χ1) is 8.13. The van der Waals surface area contributed by atoms with Gasteiger partial charge in [-0.05, 0) is 24.1 Å². The van der Waals surface area contributed by atoms with E-state index in [0.717, 1.165) is 17.7 Å². The van der Waals surface area contributed by atoms with E-state index < -0.39 is 5.41 Å². The van der Waals surface area contributed by atoms with E-state index in [4.69, 9.17) is 0 Å². The molecule has 4 heteroatoms. The molecule has 2 aliphatic rings. The van der Waals surface area contributed by atoms with E-state index in [1.54, 1.807) is 0 Å². The van der Waals surface area contributed by atoms with Crippen molar-refractivity contribution in [1.82, 2.24) is 5.32 Å². The predicted octanol–water partition coefficient (Wildman–Crippen LogP) is 1.48. The maximum Gasteiger partial charge on any atom is 0.240 e. The Hall–Kier alpha value is -1.68. The molecule has 3 rings (SSSR count). The number of hydrogen-bond donors (Lipinski definition) is 2. The molecule has 2 heterocycles. The number of halogens is 1. The Balaban J connectivity index is 2.25. The van der Waals surface area contributed by atoms with Crippen LogP contribution in [-0.4, -0.2) is 19.0 Å². The number of hydrogen-bond acceptors (Lipinski definition) is 2. The third kappa shape index (κ3) is 1.34. The number of rotatable bonds is 0. The summed E-state index contributed by atoms with van der Waals surface area (Å²) in [5.41, 5.74) is 1.16. The van der Waals surface area contributed by atoms with E-state index >= 15 is 0 Å². The lowest BCUT2D eigenvalue weighted by molar-refractivity contribution is -0.119. The Morgan fingerprint density at radius 2 is 2.24 bits per heavy atom. The highest BCUT2D eigenvalue weighted by atomic mass is 19.1. The molecule has 2 N–H and O–H groups in total. The van der Waals surface area contributed by atoms with E-state index in [1.165, 1.54) is 6.07 Å². The SMILES string of the molecule is Cc1cc(F)c2c(c1)C1(C=CCNC1)C(=O)N2.